The van der Waals surface area contributed by atoms with Gasteiger partial charge in [0.1, 0.15) is 5.75 Å². The first-order valence-corrected chi connectivity index (χ1v) is 7.40. The Labute approximate surface area is 133 Å². The van der Waals surface area contributed by atoms with Crippen LogP contribution in [0.15, 0.2) is 41.8 Å². The lowest BCUT2D eigenvalue weighted by Crippen LogP contribution is -2.27. The van der Waals surface area contributed by atoms with Crippen molar-refractivity contribution in [1.82, 2.24) is 9.78 Å². The van der Waals surface area contributed by atoms with E-state index in [1.807, 2.05) is 31.2 Å². The van der Waals surface area contributed by atoms with Crippen molar-refractivity contribution in [3.63, 3.8) is 0 Å². The number of amides is 1. The van der Waals surface area contributed by atoms with Gasteiger partial charge in [-0.15, -0.1) is 0 Å². The van der Waals surface area contributed by atoms with E-state index in [0.29, 0.717) is 12.1 Å². The van der Waals surface area contributed by atoms with E-state index in [1.54, 1.807) is 24.2 Å². The fourth-order valence-electron chi connectivity index (χ4n) is 2.30. The van der Waals surface area contributed by atoms with Gasteiger partial charge in [0.05, 0.1) is 24.7 Å². The molecule has 1 atom stereocenters. The van der Waals surface area contributed by atoms with Gasteiger partial charge in [-0.2, -0.15) is 5.10 Å². The molecule has 0 radical (unpaired) electrons. The number of aryl methyl sites for hydroxylation is 1. The molecular weight excluding hydrogens is 296 g/mol. The molecule has 1 aliphatic rings. The number of hydrogen-bond acceptors (Lipinski definition) is 5. The number of anilines is 1. The lowest BCUT2D eigenvalue weighted by Gasteiger charge is -2.07. The number of aromatic nitrogens is 2. The Hall–Kier alpha value is -2.83. The molecule has 120 valence electrons. The molecule has 0 saturated heterocycles. The van der Waals surface area contributed by atoms with E-state index in [4.69, 9.17) is 9.57 Å². The third-order valence-electron chi connectivity index (χ3n) is 3.61. The first kappa shape index (κ1) is 15.1. The Kier molecular flexibility index (Phi) is 4.27. The average molecular weight is 314 g/mol. The Morgan fingerprint density at radius 3 is 2.87 bits per heavy atom. The van der Waals surface area contributed by atoms with Crippen LogP contribution >= 0.6 is 0 Å². The number of nitrogens with zero attached hydrogens (tertiary/aromatic N) is 3. The van der Waals surface area contributed by atoms with Crippen LogP contribution in [-0.4, -0.2) is 34.6 Å². The molecule has 3 rings (SSSR count). The number of nitrogens with one attached hydrogen (secondary N) is 1. The second-order valence-electron chi connectivity index (χ2n) is 5.14. The number of oxime groups is 1. The Morgan fingerprint density at radius 2 is 2.22 bits per heavy atom. The van der Waals surface area contributed by atoms with Crippen LogP contribution in [0.3, 0.4) is 0 Å². The Balaban J connectivity index is 1.60. The lowest BCUT2D eigenvalue weighted by atomic mass is 10.0. The summed E-state index contributed by atoms with van der Waals surface area (Å²) in [6, 6.07) is 7.49. The zero-order chi connectivity index (χ0) is 16.2. The fraction of sp³-hybridized carbons (Fsp3) is 0.312. The molecule has 0 spiro atoms. The summed E-state index contributed by atoms with van der Waals surface area (Å²) in [6.07, 6.45) is 3.19. The molecule has 23 heavy (non-hydrogen) atoms. The number of ether oxygens (including phenoxy) is 1. The smallest absolute Gasteiger partial charge is 0.268 e. The van der Waals surface area contributed by atoms with Crippen molar-refractivity contribution >= 4 is 17.3 Å². The Bertz CT molecular complexity index is 721. The quantitative estimate of drug-likeness (QED) is 0.916. The third-order valence-corrected chi connectivity index (χ3v) is 3.61. The molecular formula is C16H18N4O3. The number of rotatable bonds is 5. The minimum absolute atomic E-state index is 0.229. The van der Waals surface area contributed by atoms with E-state index in [2.05, 4.69) is 15.6 Å². The van der Waals surface area contributed by atoms with Crippen LogP contribution in [-0.2, 0) is 16.2 Å². The molecule has 7 nitrogen and oxygen atoms in total. The van der Waals surface area contributed by atoms with Gasteiger partial charge in [-0.05, 0) is 36.8 Å². The second kappa shape index (κ2) is 6.51. The van der Waals surface area contributed by atoms with Gasteiger partial charge < -0.3 is 14.9 Å². The number of carbonyl (C=O) groups is 1. The van der Waals surface area contributed by atoms with Crippen molar-refractivity contribution in [2.24, 2.45) is 5.16 Å². The zero-order valence-corrected chi connectivity index (χ0v) is 13.0. The fourth-order valence-corrected chi connectivity index (χ4v) is 2.30. The predicted octanol–water partition coefficient (Wildman–Crippen LogP) is 2.04. The van der Waals surface area contributed by atoms with Gasteiger partial charge in [-0.3, -0.25) is 9.48 Å². The highest BCUT2D eigenvalue weighted by atomic mass is 16.6. The van der Waals surface area contributed by atoms with Gasteiger partial charge in [-0.25, -0.2) is 0 Å². The first-order chi connectivity index (χ1) is 11.2. The number of hydrogen-bond donors (Lipinski definition) is 1. The molecule has 0 fully saturated rings. The number of benzene rings is 1. The van der Waals surface area contributed by atoms with E-state index >= 15 is 0 Å². The van der Waals surface area contributed by atoms with Crippen molar-refractivity contribution in [3.05, 3.63) is 42.2 Å². The van der Waals surface area contributed by atoms with Crippen LogP contribution in [0.25, 0.3) is 0 Å². The van der Waals surface area contributed by atoms with Crippen molar-refractivity contribution in [3.8, 4) is 5.75 Å². The van der Waals surface area contributed by atoms with Crippen LogP contribution in [0.4, 0.5) is 5.69 Å². The van der Waals surface area contributed by atoms with Crippen molar-refractivity contribution in [2.45, 2.75) is 26.0 Å². The molecule has 0 saturated carbocycles. The molecule has 1 aromatic carbocycles. The summed E-state index contributed by atoms with van der Waals surface area (Å²) >= 11 is 0. The van der Waals surface area contributed by atoms with Gasteiger partial charge in [-0.1, -0.05) is 5.16 Å². The average Bonchev–Trinajstić information content (AvgIpc) is 3.24. The molecule has 2 aromatic rings. The van der Waals surface area contributed by atoms with E-state index in [0.717, 1.165) is 23.6 Å². The highest BCUT2D eigenvalue weighted by Gasteiger charge is 2.29. The van der Waals surface area contributed by atoms with Gasteiger partial charge in [0.2, 0.25) is 6.10 Å². The molecule has 0 bridgehead atoms. The third kappa shape index (κ3) is 3.33. The highest BCUT2D eigenvalue weighted by molar-refractivity contribution is 6.06. The topological polar surface area (TPSA) is 77.7 Å². The highest BCUT2D eigenvalue weighted by Crippen LogP contribution is 2.20. The molecule has 1 N–H and O–H groups in total. The molecule has 7 heteroatoms. The predicted molar refractivity (Wildman–Crippen MR) is 85.6 cm³/mol. The van der Waals surface area contributed by atoms with Crippen molar-refractivity contribution in [1.29, 1.82) is 0 Å². The standard InChI is InChI=1S/C16H18N4O3/c1-3-20-10-12(9-17-20)18-16(21)15-8-14(19-23-15)11-4-6-13(22-2)7-5-11/h4-7,9-10,15H,3,8H2,1-2H3,(H,18,21). The van der Waals surface area contributed by atoms with Crippen LogP contribution in [0.1, 0.15) is 18.9 Å². The van der Waals surface area contributed by atoms with Gasteiger partial charge >= 0.3 is 0 Å². The summed E-state index contributed by atoms with van der Waals surface area (Å²) < 4.78 is 6.87. The summed E-state index contributed by atoms with van der Waals surface area (Å²) in [6.45, 7) is 2.73. The summed E-state index contributed by atoms with van der Waals surface area (Å²) in [5, 5.41) is 10.9. The van der Waals surface area contributed by atoms with E-state index in [1.165, 1.54) is 0 Å². The maximum atomic E-state index is 12.2. The number of carbonyl (C=O) groups excluding carboxylic acids is 1. The summed E-state index contributed by atoms with van der Waals surface area (Å²) in [4.78, 5) is 17.5. The lowest BCUT2D eigenvalue weighted by molar-refractivity contribution is -0.125. The molecule has 1 unspecified atom stereocenters. The molecule has 1 aliphatic heterocycles. The van der Waals surface area contributed by atoms with Gasteiger partial charge in [0.25, 0.3) is 5.91 Å². The summed E-state index contributed by atoms with van der Waals surface area (Å²) in [7, 11) is 1.62. The van der Waals surface area contributed by atoms with E-state index < -0.39 is 6.10 Å². The summed E-state index contributed by atoms with van der Waals surface area (Å²) in [5.41, 5.74) is 2.32. The van der Waals surface area contributed by atoms with E-state index in [9.17, 15) is 4.79 Å². The van der Waals surface area contributed by atoms with Crippen LogP contribution < -0.4 is 10.1 Å². The monoisotopic (exact) mass is 314 g/mol. The largest absolute Gasteiger partial charge is 0.497 e. The maximum absolute atomic E-state index is 12.2. The minimum atomic E-state index is -0.628. The molecule has 2 heterocycles. The maximum Gasteiger partial charge on any atom is 0.268 e. The molecule has 1 aromatic heterocycles. The first-order valence-electron chi connectivity index (χ1n) is 7.40. The van der Waals surface area contributed by atoms with Crippen LogP contribution in [0.5, 0.6) is 5.75 Å². The normalized spacial score (nSPS) is 16.6. The minimum Gasteiger partial charge on any atom is -0.497 e. The second-order valence-corrected chi connectivity index (χ2v) is 5.14. The van der Waals surface area contributed by atoms with Gasteiger partial charge in [0.15, 0.2) is 0 Å². The van der Waals surface area contributed by atoms with Gasteiger partial charge in [0, 0.05) is 19.2 Å². The molecule has 0 aliphatic carbocycles. The SMILES string of the molecule is CCn1cc(NC(=O)C2CC(c3ccc(OC)cc3)=NO2)cn1. The van der Waals surface area contributed by atoms with Crippen LogP contribution in [0, 0.1) is 0 Å². The molecule has 1 amide bonds. The van der Waals surface area contributed by atoms with E-state index in [-0.39, 0.29) is 5.91 Å². The summed E-state index contributed by atoms with van der Waals surface area (Å²) in [5.74, 6) is 0.545. The van der Waals surface area contributed by atoms with Crippen molar-refractivity contribution in [2.75, 3.05) is 12.4 Å². The zero-order valence-electron chi connectivity index (χ0n) is 13.0. The number of methoxy groups -OCH3 is 1. The van der Waals surface area contributed by atoms with Crippen molar-refractivity contribution < 1.29 is 14.4 Å². The van der Waals surface area contributed by atoms with Crippen LogP contribution in [0.2, 0.25) is 0 Å². The Morgan fingerprint density at radius 1 is 1.43 bits per heavy atom.